The Morgan fingerprint density at radius 2 is 1.80 bits per heavy atom. The van der Waals surface area contributed by atoms with E-state index in [2.05, 4.69) is 21.7 Å². The Labute approximate surface area is 145 Å². The van der Waals surface area contributed by atoms with Crippen molar-refractivity contribution in [1.29, 1.82) is 0 Å². The summed E-state index contributed by atoms with van der Waals surface area (Å²) in [5, 5.41) is 0. The van der Waals surface area contributed by atoms with Gasteiger partial charge in [0, 0.05) is 38.3 Å². The third-order valence-corrected chi connectivity index (χ3v) is 4.62. The van der Waals surface area contributed by atoms with Gasteiger partial charge in [0.15, 0.2) is 0 Å². The Morgan fingerprint density at radius 1 is 1.12 bits per heavy atom. The lowest BCUT2D eigenvalue weighted by atomic mass is 10.1. The Hall–Kier alpha value is -1.86. The van der Waals surface area contributed by atoms with Crippen LogP contribution in [0.3, 0.4) is 0 Å². The summed E-state index contributed by atoms with van der Waals surface area (Å²) in [6, 6.07) is 5.09. The van der Waals surface area contributed by atoms with Gasteiger partial charge >= 0.3 is 6.18 Å². The van der Waals surface area contributed by atoms with Crippen LogP contribution in [0.2, 0.25) is 0 Å². The SMILES string of the molecule is CCN1CCN(Cc2nc(-c3cccc(C(F)(F)F)c3)oc2C)CC1. The molecule has 2 aromatic rings. The number of aryl methyl sites for hydroxylation is 1. The highest BCUT2D eigenvalue weighted by Crippen LogP contribution is 2.32. The van der Waals surface area contributed by atoms with Crippen molar-refractivity contribution in [2.24, 2.45) is 0 Å². The van der Waals surface area contributed by atoms with E-state index in [1.165, 1.54) is 6.07 Å². The molecule has 0 unspecified atom stereocenters. The molecule has 0 aliphatic carbocycles. The average molecular weight is 353 g/mol. The summed E-state index contributed by atoms with van der Waals surface area (Å²) in [6.45, 7) is 9.63. The maximum atomic E-state index is 12.9. The van der Waals surface area contributed by atoms with Gasteiger partial charge in [0.05, 0.1) is 11.3 Å². The summed E-state index contributed by atoms with van der Waals surface area (Å²) in [4.78, 5) is 9.13. The monoisotopic (exact) mass is 353 g/mol. The van der Waals surface area contributed by atoms with Gasteiger partial charge in [0.2, 0.25) is 5.89 Å². The second-order valence-corrected chi connectivity index (χ2v) is 6.31. The van der Waals surface area contributed by atoms with E-state index in [4.69, 9.17) is 4.42 Å². The topological polar surface area (TPSA) is 32.5 Å². The normalized spacial score (nSPS) is 17.2. The molecule has 4 nitrogen and oxygen atoms in total. The van der Waals surface area contributed by atoms with Gasteiger partial charge in [-0.1, -0.05) is 13.0 Å². The van der Waals surface area contributed by atoms with Crippen LogP contribution in [0.15, 0.2) is 28.7 Å². The molecule has 7 heteroatoms. The van der Waals surface area contributed by atoms with E-state index in [0.29, 0.717) is 17.9 Å². The first kappa shape index (κ1) is 17.9. The van der Waals surface area contributed by atoms with Crippen LogP contribution in [0, 0.1) is 6.92 Å². The molecule has 1 aliphatic rings. The number of halogens is 3. The molecule has 1 fully saturated rings. The molecule has 0 N–H and O–H groups in total. The molecule has 0 amide bonds. The first-order valence-electron chi connectivity index (χ1n) is 8.45. The summed E-state index contributed by atoms with van der Waals surface area (Å²) in [6.07, 6.45) is -4.38. The van der Waals surface area contributed by atoms with Gasteiger partial charge in [0.25, 0.3) is 0 Å². The molecule has 25 heavy (non-hydrogen) atoms. The number of alkyl halides is 3. The van der Waals surface area contributed by atoms with Crippen LogP contribution in [-0.4, -0.2) is 47.5 Å². The molecule has 0 spiro atoms. The zero-order chi connectivity index (χ0) is 18.0. The molecule has 136 valence electrons. The fourth-order valence-corrected chi connectivity index (χ4v) is 3.00. The van der Waals surface area contributed by atoms with Crippen LogP contribution in [0.4, 0.5) is 13.2 Å². The standard InChI is InChI=1S/C18H22F3N3O/c1-3-23-7-9-24(10-8-23)12-16-13(2)25-17(22-16)14-5-4-6-15(11-14)18(19,20)21/h4-6,11H,3,7-10,12H2,1-2H3. The van der Waals surface area contributed by atoms with Crippen LogP contribution >= 0.6 is 0 Å². The predicted octanol–water partition coefficient (Wildman–Crippen LogP) is 3.81. The molecule has 1 aliphatic heterocycles. The summed E-state index contributed by atoms with van der Waals surface area (Å²) in [7, 11) is 0. The summed E-state index contributed by atoms with van der Waals surface area (Å²) in [5.74, 6) is 0.899. The van der Waals surface area contributed by atoms with Crippen LogP contribution in [0.1, 0.15) is 23.9 Å². The fourth-order valence-electron chi connectivity index (χ4n) is 3.00. The lowest BCUT2D eigenvalue weighted by molar-refractivity contribution is -0.137. The van der Waals surface area contributed by atoms with E-state index in [-0.39, 0.29) is 5.89 Å². The van der Waals surface area contributed by atoms with Crippen LogP contribution in [0.25, 0.3) is 11.5 Å². The van der Waals surface area contributed by atoms with E-state index >= 15 is 0 Å². The van der Waals surface area contributed by atoms with Crippen molar-refractivity contribution in [1.82, 2.24) is 14.8 Å². The van der Waals surface area contributed by atoms with E-state index in [1.807, 2.05) is 6.92 Å². The predicted molar refractivity (Wildman–Crippen MR) is 89.1 cm³/mol. The third kappa shape index (κ3) is 4.22. The minimum atomic E-state index is -4.38. The number of hydrogen-bond acceptors (Lipinski definition) is 4. The van der Waals surface area contributed by atoms with Crippen LogP contribution in [-0.2, 0) is 12.7 Å². The number of likely N-dealkylation sites (N-methyl/N-ethyl adjacent to an activating group) is 1. The third-order valence-electron chi connectivity index (χ3n) is 4.62. The van der Waals surface area contributed by atoms with Crippen molar-refractivity contribution in [2.45, 2.75) is 26.6 Å². The second kappa shape index (κ2) is 7.17. The summed E-state index contributed by atoms with van der Waals surface area (Å²) >= 11 is 0. The molecule has 1 saturated heterocycles. The van der Waals surface area contributed by atoms with Gasteiger partial charge in [0.1, 0.15) is 5.76 Å². The maximum Gasteiger partial charge on any atom is 0.416 e. The highest BCUT2D eigenvalue weighted by atomic mass is 19.4. The Balaban J connectivity index is 1.75. The van der Waals surface area contributed by atoms with Gasteiger partial charge in [-0.15, -0.1) is 0 Å². The Morgan fingerprint density at radius 3 is 2.44 bits per heavy atom. The van der Waals surface area contributed by atoms with Crippen molar-refractivity contribution < 1.29 is 17.6 Å². The molecule has 0 saturated carbocycles. The first-order valence-corrected chi connectivity index (χ1v) is 8.45. The number of piperazine rings is 1. The fraction of sp³-hybridized carbons (Fsp3) is 0.500. The minimum Gasteiger partial charge on any atom is -0.441 e. The van der Waals surface area contributed by atoms with Crippen molar-refractivity contribution in [3.8, 4) is 11.5 Å². The van der Waals surface area contributed by atoms with Crippen molar-refractivity contribution in [3.05, 3.63) is 41.3 Å². The molecule has 1 aromatic heterocycles. The number of benzene rings is 1. The van der Waals surface area contributed by atoms with Crippen LogP contribution < -0.4 is 0 Å². The molecular weight excluding hydrogens is 331 g/mol. The maximum absolute atomic E-state index is 12.9. The Kier molecular flexibility index (Phi) is 5.15. The van der Waals surface area contributed by atoms with Gasteiger partial charge in [-0.25, -0.2) is 4.98 Å². The van der Waals surface area contributed by atoms with Crippen molar-refractivity contribution >= 4 is 0 Å². The number of rotatable bonds is 4. The minimum absolute atomic E-state index is 0.241. The van der Waals surface area contributed by atoms with Crippen molar-refractivity contribution in [2.75, 3.05) is 32.7 Å². The summed E-state index contributed by atoms with van der Waals surface area (Å²) in [5.41, 5.74) is 0.440. The number of oxazole rings is 1. The molecule has 3 rings (SSSR count). The highest BCUT2D eigenvalue weighted by molar-refractivity contribution is 5.55. The van der Waals surface area contributed by atoms with Gasteiger partial charge in [-0.05, 0) is 31.7 Å². The Bertz CT molecular complexity index is 719. The molecule has 0 radical (unpaired) electrons. The zero-order valence-corrected chi connectivity index (χ0v) is 14.4. The van der Waals surface area contributed by atoms with Gasteiger partial charge in [-0.3, -0.25) is 4.90 Å². The van der Waals surface area contributed by atoms with E-state index in [9.17, 15) is 13.2 Å². The van der Waals surface area contributed by atoms with E-state index in [0.717, 1.165) is 50.6 Å². The van der Waals surface area contributed by atoms with E-state index in [1.54, 1.807) is 6.07 Å². The van der Waals surface area contributed by atoms with Crippen molar-refractivity contribution in [3.63, 3.8) is 0 Å². The quantitative estimate of drug-likeness (QED) is 0.837. The summed E-state index contributed by atoms with van der Waals surface area (Å²) < 4.78 is 44.3. The smallest absolute Gasteiger partial charge is 0.416 e. The first-order chi connectivity index (χ1) is 11.9. The molecular formula is C18H22F3N3O. The second-order valence-electron chi connectivity index (χ2n) is 6.31. The molecule has 0 bridgehead atoms. The average Bonchev–Trinajstić information content (AvgIpc) is 2.96. The largest absolute Gasteiger partial charge is 0.441 e. The van der Waals surface area contributed by atoms with Crippen LogP contribution in [0.5, 0.6) is 0 Å². The highest BCUT2D eigenvalue weighted by Gasteiger charge is 2.31. The molecule has 0 atom stereocenters. The molecule has 1 aromatic carbocycles. The van der Waals surface area contributed by atoms with Gasteiger partial charge in [-0.2, -0.15) is 13.2 Å². The number of hydrogen-bond donors (Lipinski definition) is 0. The zero-order valence-electron chi connectivity index (χ0n) is 14.4. The van der Waals surface area contributed by atoms with Gasteiger partial charge < -0.3 is 9.32 Å². The molecule has 2 heterocycles. The number of nitrogens with zero attached hydrogens (tertiary/aromatic N) is 3. The lowest BCUT2D eigenvalue weighted by Crippen LogP contribution is -2.45. The number of aromatic nitrogens is 1. The lowest BCUT2D eigenvalue weighted by Gasteiger charge is -2.33. The van der Waals surface area contributed by atoms with E-state index < -0.39 is 11.7 Å².